The molecule has 1 atom stereocenters. The Bertz CT molecular complexity index is 513. The molecule has 0 saturated heterocycles. The normalized spacial score (nSPS) is 12.1. The van der Waals surface area contributed by atoms with Crippen molar-refractivity contribution in [1.82, 2.24) is 0 Å². The van der Waals surface area contributed by atoms with Crippen LogP contribution in [0.2, 0.25) is 0 Å². The summed E-state index contributed by atoms with van der Waals surface area (Å²) in [5, 5.41) is 4.43. The first-order valence-corrected chi connectivity index (χ1v) is 5.90. The average Bonchev–Trinajstić information content (AvgIpc) is 2.81. The van der Waals surface area contributed by atoms with Crippen molar-refractivity contribution in [3.8, 4) is 0 Å². The van der Waals surface area contributed by atoms with Gasteiger partial charge in [-0.2, -0.15) is 0 Å². The minimum Gasteiger partial charge on any atom is -0.324 e. The van der Waals surface area contributed by atoms with Crippen molar-refractivity contribution in [2.24, 2.45) is 5.73 Å². The number of halogens is 1. The number of carbonyl (C=O) groups is 1. The Morgan fingerprint density at radius 1 is 1.35 bits per heavy atom. The first kappa shape index (κ1) is 11.8. The Morgan fingerprint density at radius 3 is 2.82 bits per heavy atom. The minimum absolute atomic E-state index is 0.349. The summed E-state index contributed by atoms with van der Waals surface area (Å²) < 4.78 is 12.9. The van der Waals surface area contributed by atoms with Crippen LogP contribution in [0.4, 0.5) is 10.1 Å². The molecule has 0 aliphatic carbocycles. The molecule has 1 aromatic heterocycles. The molecule has 0 bridgehead atoms. The van der Waals surface area contributed by atoms with Gasteiger partial charge in [0.2, 0.25) is 5.91 Å². The number of hydrogen-bond donors (Lipinski definition) is 2. The number of nitrogens with one attached hydrogen (secondary N) is 1. The lowest BCUT2D eigenvalue weighted by Crippen LogP contribution is -2.26. The van der Waals surface area contributed by atoms with Crippen molar-refractivity contribution in [3.05, 3.63) is 52.5 Å². The standard InChI is InChI=1S/C12H11FN2OS/c13-8-3-1-4-9(7-8)15-12(16)11(14)10-5-2-6-17-10/h1-7,11H,14H2,(H,15,16). The fraction of sp³-hybridized carbons (Fsp3) is 0.0833. The van der Waals surface area contributed by atoms with Gasteiger partial charge in [-0.25, -0.2) is 4.39 Å². The summed E-state index contributed by atoms with van der Waals surface area (Å²) in [7, 11) is 0. The molecule has 5 heteroatoms. The second kappa shape index (κ2) is 5.07. The maximum absolute atomic E-state index is 12.9. The van der Waals surface area contributed by atoms with E-state index in [9.17, 15) is 9.18 Å². The van der Waals surface area contributed by atoms with Gasteiger partial charge < -0.3 is 11.1 Å². The van der Waals surface area contributed by atoms with Crippen LogP contribution in [0.5, 0.6) is 0 Å². The summed E-state index contributed by atoms with van der Waals surface area (Å²) in [4.78, 5) is 12.5. The van der Waals surface area contributed by atoms with Gasteiger partial charge in [-0.1, -0.05) is 12.1 Å². The number of nitrogens with two attached hydrogens (primary N) is 1. The van der Waals surface area contributed by atoms with Gasteiger partial charge in [0.1, 0.15) is 11.9 Å². The molecule has 3 nitrogen and oxygen atoms in total. The lowest BCUT2D eigenvalue weighted by molar-refractivity contribution is -0.117. The molecule has 88 valence electrons. The fourth-order valence-corrected chi connectivity index (χ4v) is 2.11. The number of benzene rings is 1. The molecule has 0 saturated carbocycles. The highest BCUT2D eigenvalue weighted by Crippen LogP contribution is 2.18. The summed E-state index contributed by atoms with van der Waals surface area (Å²) in [6.07, 6.45) is 0. The zero-order chi connectivity index (χ0) is 12.3. The zero-order valence-electron chi connectivity index (χ0n) is 8.89. The summed E-state index contributed by atoms with van der Waals surface area (Å²) in [5.41, 5.74) is 6.18. The zero-order valence-corrected chi connectivity index (χ0v) is 9.71. The van der Waals surface area contributed by atoms with Crippen LogP contribution in [0.3, 0.4) is 0 Å². The monoisotopic (exact) mass is 250 g/mol. The molecule has 0 aliphatic heterocycles. The summed E-state index contributed by atoms with van der Waals surface area (Å²) in [6.45, 7) is 0. The van der Waals surface area contributed by atoms with Crippen molar-refractivity contribution in [2.75, 3.05) is 5.32 Å². The van der Waals surface area contributed by atoms with E-state index in [2.05, 4.69) is 5.32 Å². The second-order valence-electron chi connectivity index (χ2n) is 3.49. The summed E-state index contributed by atoms with van der Waals surface area (Å²) in [5.74, 6) is -0.745. The smallest absolute Gasteiger partial charge is 0.246 e. The van der Waals surface area contributed by atoms with Crippen LogP contribution >= 0.6 is 11.3 Å². The van der Waals surface area contributed by atoms with Gasteiger partial charge in [0.25, 0.3) is 0 Å². The second-order valence-corrected chi connectivity index (χ2v) is 4.47. The molecule has 2 aromatic rings. The van der Waals surface area contributed by atoms with Crippen molar-refractivity contribution < 1.29 is 9.18 Å². The van der Waals surface area contributed by atoms with Crippen LogP contribution in [0.1, 0.15) is 10.9 Å². The molecule has 0 fully saturated rings. The molecule has 0 spiro atoms. The third kappa shape index (κ3) is 2.89. The third-order valence-corrected chi connectivity index (χ3v) is 3.18. The van der Waals surface area contributed by atoms with Gasteiger partial charge in [0, 0.05) is 10.6 Å². The Balaban J connectivity index is 2.07. The first-order valence-electron chi connectivity index (χ1n) is 5.02. The topological polar surface area (TPSA) is 55.1 Å². The average molecular weight is 250 g/mol. The predicted octanol–water partition coefficient (Wildman–Crippen LogP) is 2.53. The Hall–Kier alpha value is -1.72. The highest BCUT2D eigenvalue weighted by Gasteiger charge is 2.16. The van der Waals surface area contributed by atoms with Gasteiger partial charge >= 0.3 is 0 Å². The van der Waals surface area contributed by atoms with E-state index in [1.807, 2.05) is 11.4 Å². The highest BCUT2D eigenvalue weighted by molar-refractivity contribution is 7.10. The number of hydrogen-bond acceptors (Lipinski definition) is 3. The van der Waals surface area contributed by atoms with E-state index in [-0.39, 0.29) is 5.91 Å². The first-order chi connectivity index (χ1) is 8.16. The Morgan fingerprint density at radius 2 is 2.18 bits per heavy atom. The Labute approximate surface area is 102 Å². The van der Waals surface area contributed by atoms with E-state index in [0.29, 0.717) is 5.69 Å². The number of rotatable bonds is 3. The van der Waals surface area contributed by atoms with E-state index in [4.69, 9.17) is 5.73 Å². The van der Waals surface area contributed by atoms with Crippen LogP contribution in [-0.4, -0.2) is 5.91 Å². The van der Waals surface area contributed by atoms with Crippen LogP contribution in [0, 0.1) is 5.82 Å². The van der Waals surface area contributed by atoms with E-state index >= 15 is 0 Å². The third-order valence-electron chi connectivity index (χ3n) is 2.22. The predicted molar refractivity (Wildman–Crippen MR) is 66.3 cm³/mol. The van der Waals surface area contributed by atoms with Gasteiger partial charge in [-0.05, 0) is 29.6 Å². The molecule has 0 radical (unpaired) electrons. The molecule has 1 heterocycles. The number of thiophene rings is 1. The van der Waals surface area contributed by atoms with Crippen molar-refractivity contribution in [2.45, 2.75) is 6.04 Å². The van der Waals surface area contributed by atoms with Crippen LogP contribution in [0.15, 0.2) is 41.8 Å². The minimum atomic E-state index is -0.724. The quantitative estimate of drug-likeness (QED) is 0.879. The lowest BCUT2D eigenvalue weighted by Gasteiger charge is -2.10. The summed E-state index contributed by atoms with van der Waals surface area (Å²) >= 11 is 1.41. The number of amides is 1. The Kier molecular flexibility index (Phi) is 3.51. The van der Waals surface area contributed by atoms with Crippen LogP contribution < -0.4 is 11.1 Å². The van der Waals surface area contributed by atoms with Gasteiger partial charge in [-0.3, -0.25) is 4.79 Å². The molecular weight excluding hydrogens is 239 g/mol. The van der Waals surface area contributed by atoms with Crippen molar-refractivity contribution in [3.63, 3.8) is 0 Å². The molecule has 0 aliphatic rings. The molecule has 2 rings (SSSR count). The van der Waals surface area contributed by atoms with E-state index in [0.717, 1.165) is 4.88 Å². The number of anilines is 1. The SMILES string of the molecule is NC(C(=O)Nc1cccc(F)c1)c1cccs1. The molecule has 1 aromatic carbocycles. The van der Waals surface area contributed by atoms with E-state index in [1.54, 1.807) is 12.1 Å². The molecule has 17 heavy (non-hydrogen) atoms. The van der Waals surface area contributed by atoms with Crippen LogP contribution in [0.25, 0.3) is 0 Å². The molecule has 1 amide bonds. The van der Waals surface area contributed by atoms with Gasteiger partial charge in [0.05, 0.1) is 0 Å². The largest absolute Gasteiger partial charge is 0.324 e. The van der Waals surface area contributed by atoms with Gasteiger partial charge in [-0.15, -0.1) is 11.3 Å². The number of carbonyl (C=O) groups excluding carboxylic acids is 1. The molecule has 3 N–H and O–H groups in total. The van der Waals surface area contributed by atoms with Gasteiger partial charge in [0.15, 0.2) is 0 Å². The van der Waals surface area contributed by atoms with Crippen LogP contribution in [-0.2, 0) is 4.79 Å². The van der Waals surface area contributed by atoms with E-state index in [1.165, 1.54) is 29.5 Å². The molecular formula is C12H11FN2OS. The summed E-state index contributed by atoms with van der Waals surface area (Å²) in [6, 6.07) is 8.60. The maximum Gasteiger partial charge on any atom is 0.246 e. The fourth-order valence-electron chi connectivity index (χ4n) is 1.38. The lowest BCUT2D eigenvalue weighted by atomic mass is 10.2. The molecule has 1 unspecified atom stereocenters. The van der Waals surface area contributed by atoms with Crippen molar-refractivity contribution >= 4 is 22.9 Å². The van der Waals surface area contributed by atoms with Crippen molar-refractivity contribution in [1.29, 1.82) is 0 Å². The van der Waals surface area contributed by atoms with E-state index < -0.39 is 11.9 Å². The highest BCUT2D eigenvalue weighted by atomic mass is 32.1. The maximum atomic E-state index is 12.9.